The number of rotatable bonds is 5. The SMILES string of the molecule is Cc1cc(C)c(N2CCN(c3c(C)cc(C)cc3C)C2=C2C(Cl)=C(Cl)N=C(C(c3ccccc3)c3ncccc3Br)C2Br)c(C)c1.[Ru]. The van der Waals surface area contributed by atoms with Gasteiger partial charge in [0.1, 0.15) is 11.0 Å². The van der Waals surface area contributed by atoms with E-state index < -0.39 is 0 Å². The monoisotopic (exact) mass is 878 g/mol. The Labute approximate surface area is 318 Å². The van der Waals surface area contributed by atoms with Gasteiger partial charge in [0.25, 0.3) is 0 Å². The van der Waals surface area contributed by atoms with Crippen molar-refractivity contribution in [3.05, 3.63) is 144 Å². The molecule has 4 aromatic rings. The molecule has 3 heterocycles. The van der Waals surface area contributed by atoms with Gasteiger partial charge in [0.05, 0.1) is 27.2 Å². The summed E-state index contributed by atoms with van der Waals surface area (Å²) in [5.41, 5.74) is 13.4. The molecule has 1 aromatic heterocycles. The van der Waals surface area contributed by atoms with Crippen molar-refractivity contribution in [1.82, 2.24) is 4.98 Å². The van der Waals surface area contributed by atoms with Crippen LogP contribution < -0.4 is 9.80 Å². The van der Waals surface area contributed by atoms with Crippen molar-refractivity contribution >= 4 is 72.1 Å². The van der Waals surface area contributed by atoms with Crippen molar-refractivity contribution in [2.45, 2.75) is 52.3 Å². The Morgan fingerprint density at radius 3 is 1.77 bits per heavy atom. The second-order valence-corrected chi connectivity index (χ2v) is 14.8. The molecule has 2 aliphatic rings. The van der Waals surface area contributed by atoms with Gasteiger partial charge in [-0.05, 0) is 97.4 Å². The van der Waals surface area contributed by atoms with Crippen molar-refractivity contribution < 1.29 is 19.5 Å². The molecule has 0 saturated carbocycles. The van der Waals surface area contributed by atoms with Crippen LogP contribution in [-0.2, 0) is 19.5 Å². The number of hydrogen-bond acceptors (Lipinski definition) is 4. The number of hydrogen-bond donors (Lipinski definition) is 0. The summed E-state index contributed by atoms with van der Waals surface area (Å²) in [5, 5.41) is 0.709. The smallest absolute Gasteiger partial charge is 0.148 e. The fraction of sp³-hybridized carbons (Fsp3) is 0.263. The second kappa shape index (κ2) is 14.7. The molecule has 0 radical (unpaired) electrons. The third-order valence-electron chi connectivity index (χ3n) is 8.76. The molecular weight excluding hydrogens is 844 g/mol. The van der Waals surface area contributed by atoms with Crippen LogP contribution in [0.4, 0.5) is 11.4 Å². The molecular formula is C38H36Br2Cl2N4Ru. The Morgan fingerprint density at radius 1 is 0.766 bits per heavy atom. The number of anilines is 2. The van der Waals surface area contributed by atoms with Crippen LogP contribution >= 0.6 is 55.1 Å². The normalized spacial score (nSPS) is 17.2. The number of allylic oxidation sites excluding steroid dienone is 2. The van der Waals surface area contributed by atoms with E-state index in [0.717, 1.165) is 45.9 Å². The molecule has 0 bridgehead atoms. The van der Waals surface area contributed by atoms with E-state index in [1.54, 1.807) is 0 Å². The third-order valence-corrected chi connectivity index (χ3v) is 11.1. The van der Waals surface area contributed by atoms with Gasteiger partial charge in [-0.15, -0.1) is 0 Å². The van der Waals surface area contributed by atoms with Gasteiger partial charge in [0.15, 0.2) is 0 Å². The van der Waals surface area contributed by atoms with Gasteiger partial charge in [-0.25, -0.2) is 4.99 Å². The number of halogens is 4. The fourth-order valence-corrected chi connectivity index (χ4v) is 9.07. The van der Waals surface area contributed by atoms with Crippen LogP contribution in [0.25, 0.3) is 0 Å². The van der Waals surface area contributed by atoms with Gasteiger partial charge >= 0.3 is 0 Å². The van der Waals surface area contributed by atoms with Crippen molar-refractivity contribution in [3.8, 4) is 0 Å². The van der Waals surface area contributed by atoms with Crippen molar-refractivity contribution in [2.75, 3.05) is 22.9 Å². The Kier molecular flexibility index (Phi) is 11.3. The van der Waals surface area contributed by atoms with Crippen LogP contribution in [0, 0.1) is 41.5 Å². The molecule has 0 N–H and O–H groups in total. The van der Waals surface area contributed by atoms with E-state index in [1.165, 1.54) is 44.8 Å². The van der Waals surface area contributed by atoms with E-state index in [-0.39, 0.29) is 35.4 Å². The van der Waals surface area contributed by atoms with Gasteiger partial charge in [-0.3, -0.25) is 4.98 Å². The van der Waals surface area contributed by atoms with Gasteiger partial charge < -0.3 is 9.80 Å². The Hall–Kier alpha value is -2.28. The average Bonchev–Trinajstić information content (AvgIpc) is 3.39. The Morgan fingerprint density at radius 2 is 1.28 bits per heavy atom. The van der Waals surface area contributed by atoms with Crippen molar-refractivity contribution in [2.24, 2.45) is 4.99 Å². The Bertz CT molecular complexity index is 1830. The molecule has 1 fully saturated rings. The van der Waals surface area contributed by atoms with E-state index in [2.05, 4.69) is 120 Å². The first-order chi connectivity index (χ1) is 22.0. The molecule has 0 spiro atoms. The van der Waals surface area contributed by atoms with E-state index in [1.807, 2.05) is 36.5 Å². The summed E-state index contributed by atoms with van der Waals surface area (Å²) in [6, 6.07) is 23.3. The summed E-state index contributed by atoms with van der Waals surface area (Å²) < 4.78 is 0.901. The summed E-state index contributed by atoms with van der Waals surface area (Å²) >= 11 is 22.3. The molecule has 4 nitrogen and oxygen atoms in total. The number of pyridine rings is 1. The van der Waals surface area contributed by atoms with Gasteiger partial charge in [-0.2, -0.15) is 0 Å². The largest absolute Gasteiger partial charge is 0.325 e. The number of nitrogens with zero attached hydrogens (tertiary/aromatic N) is 4. The summed E-state index contributed by atoms with van der Waals surface area (Å²) in [6.07, 6.45) is 1.82. The van der Waals surface area contributed by atoms with E-state index >= 15 is 0 Å². The maximum absolute atomic E-state index is 7.29. The molecule has 2 unspecified atom stereocenters. The van der Waals surface area contributed by atoms with Crippen LogP contribution in [0.3, 0.4) is 0 Å². The predicted molar refractivity (Wildman–Crippen MR) is 202 cm³/mol. The topological polar surface area (TPSA) is 31.7 Å². The Balaban J connectivity index is 0.00000433. The number of aliphatic imine (C=N–C) groups is 1. The third kappa shape index (κ3) is 6.81. The summed E-state index contributed by atoms with van der Waals surface area (Å²) in [7, 11) is 0. The van der Waals surface area contributed by atoms with Crippen LogP contribution in [0.15, 0.2) is 104 Å². The fourth-order valence-electron chi connectivity index (χ4n) is 7.22. The summed E-state index contributed by atoms with van der Waals surface area (Å²) in [5.74, 6) is 0.721. The van der Waals surface area contributed by atoms with Gasteiger partial charge in [0.2, 0.25) is 0 Å². The molecule has 244 valence electrons. The van der Waals surface area contributed by atoms with Gasteiger partial charge in [-0.1, -0.05) is 105 Å². The molecule has 0 amide bonds. The minimum atomic E-state index is -0.364. The number of benzene rings is 3. The van der Waals surface area contributed by atoms with E-state index in [4.69, 9.17) is 33.2 Å². The van der Waals surface area contributed by atoms with Crippen molar-refractivity contribution in [1.29, 1.82) is 0 Å². The zero-order chi connectivity index (χ0) is 32.9. The summed E-state index contributed by atoms with van der Waals surface area (Å²) in [4.78, 5) is 14.3. The van der Waals surface area contributed by atoms with Crippen LogP contribution in [0.2, 0.25) is 0 Å². The van der Waals surface area contributed by atoms with Crippen LogP contribution in [-0.4, -0.2) is 28.6 Å². The quantitative estimate of drug-likeness (QED) is 0.114. The zero-order valence-corrected chi connectivity index (χ0v) is 33.6. The molecule has 0 aliphatic carbocycles. The van der Waals surface area contributed by atoms with E-state index in [0.29, 0.717) is 5.03 Å². The minimum absolute atomic E-state index is 0. The predicted octanol–water partition coefficient (Wildman–Crippen LogP) is 10.9. The molecule has 2 atom stereocenters. The second-order valence-electron chi connectivity index (χ2n) is 12.3. The molecule has 47 heavy (non-hydrogen) atoms. The first-order valence-corrected chi connectivity index (χ1v) is 17.8. The standard InChI is InChI=1S/C38H36Br2Cl2N4.Ru/c1-21-17-23(3)35(24(4)18-21)45-15-16-46(36-25(5)19-22(2)20-26(36)6)38(45)30-31(40)34(44-37(42)32(30)41)29(27-11-8-7-9-12-27)33-28(39)13-10-14-43-33;/h7-14,17-20,29,31H,15-16H2,1-6H3;. The van der Waals surface area contributed by atoms with Gasteiger partial charge in [0, 0.05) is 60.2 Å². The number of aryl methyl sites for hydroxylation is 6. The van der Waals surface area contributed by atoms with Crippen molar-refractivity contribution in [3.63, 3.8) is 0 Å². The van der Waals surface area contributed by atoms with Crippen LogP contribution in [0.1, 0.15) is 50.6 Å². The summed E-state index contributed by atoms with van der Waals surface area (Å²) in [6.45, 7) is 14.6. The molecule has 6 rings (SSSR count). The average molecular weight is 881 g/mol. The number of aromatic nitrogens is 1. The first kappa shape index (κ1) is 36.0. The molecule has 2 aliphatic heterocycles. The maximum atomic E-state index is 7.29. The molecule has 1 saturated heterocycles. The minimum Gasteiger partial charge on any atom is -0.325 e. The van der Waals surface area contributed by atoms with Crippen LogP contribution in [0.5, 0.6) is 0 Å². The molecule has 9 heteroatoms. The van der Waals surface area contributed by atoms with E-state index in [9.17, 15) is 0 Å². The maximum Gasteiger partial charge on any atom is 0.148 e. The first-order valence-electron chi connectivity index (χ1n) is 15.4. The molecule has 3 aromatic carbocycles. The zero-order valence-electron chi connectivity index (χ0n) is 27.2. The number of alkyl halides is 1.